The molecule has 0 bridgehead atoms. The van der Waals surface area contributed by atoms with Crippen LogP contribution < -0.4 is 4.31 Å². The Bertz CT molecular complexity index is 1130. The zero-order chi connectivity index (χ0) is 20.9. The second kappa shape index (κ2) is 6.74. The number of hydrogen-bond acceptors (Lipinski definition) is 2. The van der Waals surface area contributed by atoms with Gasteiger partial charge in [-0.1, -0.05) is 73.2 Å². The highest BCUT2D eigenvalue weighted by molar-refractivity contribution is 7.93. The van der Waals surface area contributed by atoms with Crippen molar-refractivity contribution in [1.29, 1.82) is 0 Å². The maximum Gasteiger partial charge on any atom is 0.264 e. The number of nitrogens with zero attached hydrogens (tertiary/aromatic N) is 1. The molecule has 29 heavy (non-hydrogen) atoms. The number of rotatable bonds is 3. The summed E-state index contributed by atoms with van der Waals surface area (Å²) in [5.74, 6) is 0. The first-order valence-electron chi connectivity index (χ1n) is 9.93. The van der Waals surface area contributed by atoms with Gasteiger partial charge < -0.3 is 0 Å². The van der Waals surface area contributed by atoms with Crippen LogP contribution in [0.5, 0.6) is 0 Å². The summed E-state index contributed by atoms with van der Waals surface area (Å²) in [5.41, 5.74) is 3.17. The molecule has 1 heterocycles. The highest BCUT2D eigenvalue weighted by Crippen LogP contribution is 2.51. The minimum Gasteiger partial charge on any atom is -0.260 e. The predicted molar refractivity (Wildman–Crippen MR) is 119 cm³/mol. The standard InChI is InChI=1S/C25H27NO2S/c1-19-14-16-21(17-15-19)29(27,28)26-23-13-9-8-12-22(23)25(4,18-24(26,2)3)20-10-6-5-7-11-20/h5-17H,18H2,1-4H3. The average Bonchev–Trinajstić information content (AvgIpc) is 2.68. The average molecular weight is 406 g/mol. The summed E-state index contributed by atoms with van der Waals surface area (Å²) in [7, 11) is -3.70. The number of benzene rings is 3. The Balaban J connectivity index is 1.94. The molecule has 0 N–H and O–H groups in total. The lowest BCUT2D eigenvalue weighted by atomic mass is 9.66. The molecule has 4 rings (SSSR count). The van der Waals surface area contributed by atoms with Gasteiger partial charge >= 0.3 is 0 Å². The van der Waals surface area contributed by atoms with Gasteiger partial charge in [0.25, 0.3) is 10.0 Å². The van der Waals surface area contributed by atoms with Crippen molar-refractivity contribution in [3.63, 3.8) is 0 Å². The summed E-state index contributed by atoms with van der Waals surface area (Å²) in [4.78, 5) is 0.328. The molecule has 0 saturated heterocycles. The van der Waals surface area contributed by atoms with E-state index in [4.69, 9.17) is 0 Å². The van der Waals surface area contributed by atoms with Crippen molar-refractivity contribution in [2.75, 3.05) is 4.31 Å². The second-order valence-electron chi connectivity index (χ2n) is 8.79. The van der Waals surface area contributed by atoms with Crippen LogP contribution in [0.3, 0.4) is 0 Å². The Morgan fingerprint density at radius 1 is 0.793 bits per heavy atom. The maximum absolute atomic E-state index is 13.8. The number of fused-ring (bicyclic) bond motifs is 1. The van der Waals surface area contributed by atoms with Gasteiger partial charge in [-0.2, -0.15) is 0 Å². The van der Waals surface area contributed by atoms with E-state index < -0.39 is 15.6 Å². The Morgan fingerprint density at radius 2 is 1.38 bits per heavy atom. The summed E-state index contributed by atoms with van der Waals surface area (Å²) in [6.07, 6.45) is 0.687. The van der Waals surface area contributed by atoms with Gasteiger partial charge in [0, 0.05) is 5.41 Å². The fourth-order valence-corrected chi connectivity index (χ4v) is 6.63. The maximum atomic E-state index is 13.8. The summed E-state index contributed by atoms with van der Waals surface area (Å²) in [6, 6.07) is 25.4. The zero-order valence-electron chi connectivity index (χ0n) is 17.4. The number of hydrogen-bond donors (Lipinski definition) is 0. The predicted octanol–water partition coefficient (Wildman–Crippen LogP) is 5.68. The van der Waals surface area contributed by atoms with Crippen molar-refractivity contribution in [3.8, 4) is 0 Å². The van der Waals surface area contributed by atoms with Crippen LogP contribution in [-0.4, -0.2) is 14.0 Å². The van der Waals surface area contributed by atoms with E-state index in [0.717, 1.165) is 16.8 Å². The van der Waals surface area contributed by atoms with Crippen molar-refractivity contribution >= 4 is 15.7 Å². The summed E-state index contributed by atoms with van der Waals surface area (Å²) < 4.78 is 29.1. The Morgan fingerprint density at radius 3 is 2.03 bits per heavy atom. The fraction of sp³-hybridized carbons (Fsp3) is 0.280. The Labute approximate surface area is 174 Å². The van der Waals surface area contributed by atoms with Crippen molar-refractivity contribution in [2.24, 2.45) is 0 Å². The minimum atomic E-state index is -3.70. The van der Waals surface area contributed by atoms with Crippen LogP contribution >= 0.6 is 0 Å². The molecule has 0 radical (unpaired) electrons. The molecule has 1 atom stereocenters. The van der Waals surface area contributed by atoms with Crippen LogP contribution in [0.4, 0.5) is 5.69 Å². The van der Waals surface area contributed by atoms with Crippen LogP contribution in [0.15, 0.2) is 83.8 Å². The molecule has 1 unspecified atom stereocenters. The molecule has 3 nitrogen and oxygen atoms in total. The molecule has 3 aromatic rings. The lowest BCUT2D eigenvalue weighted by Crippen LogP contribution is -2.55. The second-order valence-corrected chi connectivity index (χ2v) is 10.6. The van der Waals surface area contributed by atoms with Crippen LogP contribution in [0.25, 0.3) is 0 Å². The SMILES string of the molecule is Cc1ccc(S(=O)(=O)N2c3ccccc3C(C)(c3ccccc3)CC2(C)C)cc1. The van der Waals surface area contributed by atoms with E-state index in [0.29, 0.717) is 11.3 Å². The summed E-state index contributed by atoms with van der Waals surface area (Å²) >= 11 is 0. The first-order valence-corrected chi connectivity index (χ1v) is 11.4. The third-order valence-corrected chi connectivity index (χ3v) is 8.06. The van der Waals surface area contributed by atoms with Crippen LogP contribution in [0.1, 0.15) is 43.9 Å². The minimum absolute atomic E-state index is 0.277. The van der Waals surface area contributed by atoms with E-state index >= 15 is 0 Å². The number of sulfonamides is 1. The molecule has 3 aromatic carbocycles. The van der Waals surface area contributed by atoms with E-state index in [-0.39, 0.29) is 5.41 Å². The van der Waals surface area contributed by atoms with Gasteiger partial charge in [0.1, 0.15) is 0 Å². The molecule has 1 aliphatic heterocycles. The highest BCUT2D eigenvalue weighted by Gasteiger charge is 2.49. The van der Waals surface area contributed by atoms with Gasteiger partial charge in [-0.3, -0.25) is 4.31 Å². The molecule has 0 amide bonds. The summed E-state index contributed by atoms with van der Waals surface area (Å²) in [5, 5.41) is 0. The summed E-state index contributed by atoms with van der Waals surface area (Å²) in [6.45, 7) is 8.23. The molecule has 1 aliphatic rings. The molecule has 0 aliphatic carbocycles. The molecular formula is C25H27NO2S. The van der Waals surface area contributed by atoms with Crippen LogP contribution in [-0.2, 0) is 15.4 Å². The molecular weight excluding hydrogens is 378 g/mol. The van der Waals surface area contributed by atoms with Gasteiger partial charge in [-0.05, 0) is 56.5 Å². The zero-order valence-corrected chi connectivity index (χ0v) is 18.2. The van der Waals surface area contributed by atoms with Crippen molar-refractivity contribution < 1.29 is 8.42 Å². The quantitative estimate of drug-likeness (QED) is 0.562. The van der Waals surface area contributed by atoms with Crippen LogP contribution in [0.2, 0.25) is 0 Å². The van der Waals surface area contributed by atoms with Gasteiger partial charge in [0.05, 0.1) is 16.1 Å². The van der Waals surface area contributed by atoms with Gasteiger partial charge in [-0.15, -0.1) is 0 Å². The molecule has 150 valence electrons. The lowest BCUT2D eigenvalue weighted by Gasteiger charge is -2.51. The number of anilines is 1. The molecule has 0 spiro atoms. The first kappa shape index (κ1) is 19.7. The number of para-hydroxylation sites is 1. The molecule has 0 fully saturated rings. The third-order valence-electron chi connectivity index (χ3n) is 6.02. The van der Waals surface area contributed by atoms with Crippen LogP contribution in [0, 0.1) is 6.92 Å². The van der Waals surface area contributed by atoms with E-state index in [9.17, 15) is 8.42 Å². The first-order chi connectivity index (χ1) is 13.7. The van der Waals surface area contributed by atoms with E-state index in [1.54, 1.807) is 16.4 Å². The van der Waals surface area contributed by atoms with Gasteiger partial charge in [-0.25, -0.2) is 8.42 Å². The van der Waals surface area contributed by atoms with Gasteiger partial charge in [0.2, 0.25) is 0 Å². The smallest absolute Gasteiger partial charge is 0.260 e. The Hall–Kier alpha value is -2.59. The van der Waals surface area contributed by atoms with E-state index in [1.165, 1.54) is 5.56 Å². The fourth-order valence-electron chi connectivity index (χ4n) is 4.81. The van der Waals surface area contributed by atoms with Crippen molar-refractivity contribution in [2.45, 2.75) is 50.0 Å². The third kappa shape index (κ3) is 3.16. The normalized spacial score (nSPS) is 20.9. The van der Waals surface area contributed by atoms with Crippen molar-refractivity contribution in [3.05, 3.63) is 95.6 Å². The topological polar surface area (TPSA) is 37.4 Å². The molecule has 0 saturated carbocycles. The monoisotopic (exact) mass is 405 g/mol. The number of aryl methyl sites for hydroxylation is 1. The Kier molecular flexibility index (Phi) is 4.58. The van der Waals surface area contributed by atoms with E-state index in [1.807, 2.05) is 69.3 Å². The lowest BCUT2D eigenvalue weighted by molar-refractivity contribution is 0.351. The van der Waals surface area contributed by atoms with Gasteiger partial charge in [0.15, 0.2) is 0 Å². The molecule has 0 aromatic heterocycles. The highest BCUT2D eigenvalue weighted by atomic mass is 32.2. The van der Waals surface area contributed by atoms with E-state index in [2.05, 4.69) is 25.1 Å². The largest absolute Gasteiger partial charge is 0.264 e. The van der Waals surface area contributed by atoms with Crippen molar-refractivity contribution in [1.82, 2.24) is 0 Å². The molecule has 4 heteroatoms.